The van der Waals surface area contributed by atoms with Gasteiger partial charge in [-0.3, -0.25) is 4.79 Å². The molecule has 11 nitrogen and oxygen atoms in total. The zero-order chi connectivity index (χ0) is 27.7. The highest BCUT2D eigenvalue weighted by molar-refractivity contribution is 7.14. The van der Waals surface area contributed by atoms with E-state index in [1.54, 1.807) is 18.2 Å². The Balaban J connectivity index is 1.53. The predicted octanol–water partition coefficient (Wildman–Crippen LogP) is 3.26. The summed E-state index contributed by atoms with van der Waals surface area (Å²) in [5, 5.41) is 15.0. The number of hydrogen-bond acceptors (Lipinski definition) is 9. The lowest BCUT2D eigenvalue weighted by Gasteiger charge is -2.19. The normalized spacial score (nSPS) is 13.1. The number of imidazole rings is 1. The van der Waals surface area contributed by atoms with Crippen LogP contribution in [0.5, 0.6) is 17.4 Å². The Kier molecular flexibility index (Phi) is 7.02. The Bertz CT molecular complexity index is 1630. The van der Waals surface area contributed by atoms with Gasteiger partial charge in [0.05, 0.1) is 7.11 Å². The minimum absolute atomic E-state index is 0.00212. The summed E-state index contributed by atoms with van der Waals surface area (Å²) in [4.78, 5) is 44.7. The van der Waals surface area contributed by atoms with Gasteiger partial charge >= 0.3 is 11.7 Å². The summed E-state index contributed by atoms with van der Waals surface area (Å²) in [6, 6.07) is 6.39. The summed E-state index contributed by atoms with van der Waals surface area (Å²) >= 11 is 0.931. The Morgan fingerprint density at radius 2 is 1.95 bits per heavy atom. The first-order valence-corrected chi connectivity index (χ1v) is 12.3. The van der Waals surface area contributed by atoms with E-state index in [1.807, 2.05) is 0 Å². The number of aromatic amines is 1. The van der Waals surface area contributed by atoms with E-state index in [2.05, 4.69) is 20.0 Å². The second kappa shape index (κ2) is 10.6. The molecule has 0 aliphatic carbocycles. The molecule has 2 aromatic heterocycles. The highest BCUT2D eigenvalue weighted by Crippen LogP contribution is 2.37. The molecule has 0 unspecified atom stereocenters. The molecule has 3 heterocycles. The number of rotatable bonds is 7. The fourth-order valence-electron chi connectivity index (χ4n) is 4.04. The second-order valence-electron chi connectivity index (χ2n) is 8.34. The van der Waals surface area contributed by atoms with Gasteiger partial charge in [0.15, 0.2) is 34.0 Å². The molecule has 0 fully saturated rings. The zero-order valence-corrected chi connectivity index (χ0v) is 21.0. The number of aromatic nitrogens is 3. The van der Waals surface area contributed by atoms with Gasteiger partial charge in [-0.1, -0.05) is 6.07 Å². The highest BCUT2D eigenvalue weighted by atomic mass is 32.1. The molecule has 5 rings (SSSR count). The average Bonchev–Trinajstić information content (AvgIpc) is 3.52. The van der Waals surface area contributed by atoms with Crippen molar-refractivity contribution in [1.29, 1.82) is 0 Å². The molecule has 0 saturated heterocycles. The van der Waals surface area contributed by atoms with E-state index in [-0.39, 0.29) is 28.5 Å². The van der Waals surface area contributed by atoms with E-state index in [4.69, 9.17) is 9.47 Å². The Hall–Kier alpha value is -4.72. The maximum absolute atomic E-state index is 13.9. The number of amides is 1. The van der Waals surface area contributed by atoms with Crippen molar-refractivity contribution >= 4 is 28.3 Å². The monoisotopic (exact) mass is 558 g/mol. The van der Waals surface area contributed by atoms with Crippen LogP contribution < -0.4 is 20.5 Å². The summed E-state index contributed by atoms with van der Waals surface area (Å²) < 4.78 is 43.9. The lowest BCUT2D eigenvalue weighted by Crippen LogP contribution is -2.33. The number of anilines is 1. The SMILES string of the molecule is COC(=O)c1csc(NC(=O)[C@H](Cc2ccc(F)c(F)c2)n2c(O)c(-c3ccc4c(c3)OCCO4)[nH]c2=O)n1. The van der Waals surface area contributed by atoms with Gasteiger partial charge in [0.25, 0.3) is 0 Å². The number of ether oxygens (including phenoxy) is 3. The minimum Gasteiger partial charge on any atom is -0.493 e. The van der Waals surface area contributed by atoms with Crippen LogP contribution in [0.15, 0.2) is 46.6 Å². The molecule has 1 amide bonds. The van der Waals surface area contributed by atoms with E-state index >= 15 is 0 Å². The largest absolute Gasteiger partial charge is 0.493 e. The number of thiazole rings is 1. The number of benzene rings is 2. The van der Waals surface area contributed by atoms with Crippen molar-refractivity contribution in [3.63, 3.8) is 0 Å². The van der Waals surface area contributed by atoms with E-state index < -0.39 is 41.1 Å². The minimum atomic E-state index is -1.44. The molecule has 4 aromatic rings. The molecule has 14 heteroatoms. The number of esters is 1. The molecule has 3 N–H and O–H groups in total. The summed E-state index contributed by atoms with van der Waals surface area (Å²) in [6.45, 7) is 0.705. The third-order valence-corrected chi connectivity index (χ3v) is 6.65. The topological polar surface area (TPSA) is 145 Å². The number of nitrogens with one attached hydrogen (secondary N) is 2. The van der Waals surface area contributed by atoms with Crippen molar-refractivity contribution in [3.05, 3.63) is 75.2 Å². The number of halogens is 2. The van der Waals surface area contributed by atoms with Crippen molar-refractivity contribution < 1.29 is 37.7 Å². The first kappa shape index (κ1) is 25.9. The van der Waals surface area contributed by atoms with Crippen LogP contribution in [0.4, 0.5) is 13.9 Å². The number of hydrogen-bond donors (Lipinski definition) is 3. The maximum atomic E-state index is 13.9. The molecular formula is C25H20F2N4O7S. The lowest BCUT2D eigenvalue weighted by molar-refractivity contribution is -0.119. The fraction of sp³-hybridized carbons (Fsp3) is 0.200. The van der Waals surface area contributed by atoms with Gasteiger partial charge in [-0.05, 0) is 35.9 Å². The third kappa shape index (κ3) is 5.18. The van der Waals surface area contributed by atoms with Crippen LogP contribution in [0, 0.1) is 11.6 Å². The lowest BCUT2D eigenvalue weighted by atomic mass is 10.0. The van der Waals surface area contributed by atoms with E-state index in [0.717, 1.165) is 28.0 Å². The Morgan fingerprint density at radius 1 is 1.18 bits per heavy atom. The van der Waals surface area contributed by atoms with Crippen molar-refractivity contribution in [2.45, 2.75) is 12.5 Å². The van der Waals surface area contributed by atoms with Crippen LogP contribution >= 0.6 is 11.3 Å². The van der Waals surface area contributed by atoms with Crippen LogP contribution in [0.1, 0.15) is 22.1 Å². The molecule has 202 valence electrons. The van der Waals surface area contributed by atoms with Gasteiger partial charge in [0.2, 0.25) is 11.8 Å². The fourth-order valence-corrected chi connectivity index (χ4v) is 4.72. The molecule has 2 aromatic carbocycles. The highest BCUT2D eigenvalue weighted by Gasteiger charge is 2.30. The number of methoxy groups -OCH3 is 1. The second-order valence-corrected chi connectivity index (χ2v) is 9.20. The molecule has 0 saturated carbocycles. The number of carbonyl (C=O) groups is 2. The molecule has 1 aliphatic rings. The number of fused-ring (bicyclic) bond motifs is 1. The summed E-state index contributed by atoms with van der Waals surface area (Å²) in [5.74, 6) is -3.42. The predicted molar refractivity (Wildman–Crippen MR) is 134 cm³/mol. The van der Waals surface area contributed by atoms with Gasteiger partial charge in [-0.2, -0.15) is 0 Å². The summed E-state index contributed by atoms with van der Waals surface area (Å²) in [7, 11) is 1.18. The number of H-pyrrole nitrogens is 1. The van der Waals surface area contributed by atoms with Gasteiger partial charge in [-0.15, -0.1) is 11.3 Å². The number of nitrogens with zero attached hydrogens (tertiary/aromatic N) is 2. The van der Waals surface area contributed by atoms with Gasteiger partial charge in [0.1, 0.15) is 24.9 Å². The molecular weight excluding hydrogens is 538 g/mol. The average molecular weight is 559 g/mol. The first-order chi connectivity index (χ1) is 18.7. The van der Waals surface area contributed by atoms with Gasteiger partial charge < -0.3 is 29.6 Å². The van der Waals surface area contributed by atoms with Crippen molar-refractivity contribution in [2.75, 3.05) is 25.6 Å². The van der Waals surface area contributed by atoms with Crippen LogP contribution in [0.25, 0.3) is 11.3 Å². The van der Waals surface area contributed by atoms with E-state index in [0.29, 0.717) is 30.3 Å². The van der Waals surface area contributed by atoms with Gasteiger partial charge in [0, 0.05) is 17.4 Å². The number of carbonyl (C=O) groups excluding carboxylic acids is 2. The number of aromatic hydroxyl groups is 1. The first-order valence-electron chi connectivity index (χ1n) is 11.5. The van der Waals surface area contributed by atoms with Crippen molar-refractivity contribution in [2.24, 2.45) is 0 Å². The Morgan fingerprint density at radius 3 is 2.69 bits per heavy atom. The molecule has 1 aliphatic heterocycles. The summed E-state index contributed by atoms with van der Waals surface area (Å²) in [5.41, 5.74) is -0.326. The van der Waals surface area contributed by atoms with E-state index in [1.165, 1.54) is 18.6 Å². The quantitative estimate of drug-likeness (QED) is 0.293. The van der Waals surface area contributed by atoms with Gasteiger partial charge in [-0.25, -0.2) is 27.9 Å². The molecule has 0 bridgehead atoms. The van der Waals surface area contributed by atoms with Crippen LogP contribution in [0.2, 0.25) is 0 Å². The standard InChI is InChI=1S/C25H20F2N4O7S/c1-36-23(34)16-11-39-24(28-16)30-21(32)17(9-12-2-4-14(26)15(27)8-12)31-22(33)20(29-25(31)35)13-3-5-18-19(10-13)38-7-6-37-18/h2-5,8,10-11,17,33H,6-7,9H2,1H3,(H,29,35)(H,28,30,32)/t17-/m0/s1. The van der Waals surface area contributed by atoms with Crippen LogP contribution in [-0.4, -0.2) is 51.8 Å². The molecule has 0 radical (unpaired) electrons. The smallest absolute Gasteiger partial charge is 0.357 e. The zero-order valence-electron chi connectivity index (χ0n) is 20.2. The van der Waals surface area contributed by atoms with Crippen molar-refractivity contribution in [1.82, 2.24) is 14.5 Å². The third-order valence-electron chi connectivity index (χ3n) is 5.89. The van der Waals surface area contributed by atoms with Crippen LogP contribution in [-0.2, 0) is 16.0 Å². The maximum Gasteiger partial charge on any atom is 0.357 e. The van der Waals surface area contributed by atoms with Crippen molar-refractivity contribution in [3.8, 4) is 28.6 Å². The summed E-state index contributed by atoms with van der Waals surface area (Å²) in [6.07, 6.45) is -0.301. The Labute approximate surface area is 222 Å². The molecule has 0 spiro atoms. The van der Waals surface area contributed by atoms with E-state index in [9.17, 15) is 28.3 Å². The van der Waals surface area contributed by atoms with Crippen LogP contribution in [0.3, 0.4) is 0 Å². The molecule has 39 heavy (non-hydrogen) atoms. The molecule has 1 atom stereocenters.